The van der Waals surface area contributed by atoms with Crippen molar-refractivity contribution < 1.29 is 57.1 Å². The lowest BCUT2D eigenvalue weighted by atomic mass is 9.88. The molecule has 61 heavy (non-hydrogen) atoms. The molecule has 0 aromatic rings. The van der Waals surface area contributed by atoms with Crippen LogP contribution in [0.3, 0.4) is 0 Å². The molecular formula is C48H83NO11P+. The summed E-state index contributed by atoms with van der Waals surface area (Å²) in [5.74, 6) is -1.56. The van der Waals surface area contributed by atoms with Crippen molar-refractivity contribution in [3.63, 3.8) is 0 Å². The lowest BCUT2D eigenvalue weighted by Crippen LogP contribution is -2.37. The number of quaternary nitrogens is 1. The third-order valence-electron chi connectivity index (χ3n) is 10.4. The minimum atomic E-state index is -4.45. The molecule has 0 aromatic heterocycles. The molecule has 3 N–H and O–H groups in total. The fourth-order valence-electron chi connectivity index (χ4n) is 6.79. The van der Waals surface area contributed by atoms with Gasteiger partial charge in [-0.2, -0.15) is 0 Å². The topological polar surface area (TPSA) is 166 Å². The summed E-state index contributed by atoms with van der Waals surface area (Å²) < 4.78 is 34.3. The molecule has 1 rings (SSSR count). The molecule has 1 unspecified atom stereocenters. The molecule has 0 heterocycles. The molecule has 1 aliphatic rings. The first-order chi connectivity index (χ1) is 29.2. The van der Waals surface area contributed by atoms with Crippen molar-refractivity contribution in [1.29, 1.82) is 0 Å². The van der Waals surface area contributed by atoms with Crippen molar-refractivity contribution in [3.05, 3.63) is 60.8 Å². The smallest absolute Gasteiger partial charge is 0.462 e. The third-order valence-corrected chi connectivity index (χ3v) is 11.4. The summed E-state index contributed by atoms with van der Waals surface area (Å²) in [6.45, 7) is 3.89. The van der Waals surface area contributed by atoms with Crippen LogP contribution >= 0.6 is 7.82 Å². The standard InChI is InChI=1S/C48H82NO11P/c1-6-8-10-11-12-13-14-15-16-17-18-19-20-21-22-23-29-33-48(54)60-42(40-59-61(55,56)58-37-36-49(3,4)5)39-57-47(53)32-28-25-24-27-31-43-44(46(52)38-45(43)51)35-34-41(50)30-26-9-7-2/h8,10,12-13,15-16,18-19,34-35,41-45,50-51H,6-7,9,11,14,17,20-33,36-40H2,1-5H3/p+1/b10-8-,13-12-,16-15-,19-18-,35-34+/t41-,42+,43+,44+,45-/m0/s1. The van der Waals surface area contributed by atoms with Crippen LogP contribution in [0.25, 0.3) is 0 Å². The number of ketones is 1. The normalized spacial score (nSPS) is 19.5. The van der Waals surface area contributed by atoms with Crippen LogP contribution in [0.15, 0.2) is 60.8 Å². The molecule has 0 aliphatic heterocycles. The van der Waals surface area contributed by atoms with Gasteiger partial charge in [0.1, 0.15) is 25.5 Å². The molecule has 0 radical (unpaired) electrons. The minimum absolute atomic E-state index is 0.00464. The number of allylic oxidation sites excluding steroid dienone is 9. The molecule has 12 nitrogen and oxygen atoms in total. The maximum atomic E-state index is 12.7. The fourth-order valence-corrected chi connectivity index (χ4v) is 7.53. The van der Waals surface area contributed by atoms with Crippen molar-refractivity contribution in [1.82, 2.24) is 0 Å². The fraction of sp³-hybridized carbons (Fsp3) is 0.729. The summed E-state index contributed by atoms with van der Waals surface area (Å²) in [5.41, 5.74) is 0. The zero-order chi connectivity index (χ0) is 45.2. The van der Waals surface area contributed by atoms with E-state index in [1.807, 2.05) is 21.1 Å². The summed E-state index contributed by atoms with van der Waals surface area (Å²) >= 11 is 0. The molecule has 1 fully saturated rings. The van der Waals surface area contributed by atoms with Gasteiger partial charge in [-0.3, -0.25) is 23.4 Å². The zero-order valence-corrected chi connectivity index (χ0v) is 39.2. The van der Waals surface area contributed by atoms with Gasteiger partial charge in [-0.05, 0) is 70.1 Å². The zero-order valence-electron chi connectivity index (χ0n) is 38.3. The number of likely N-dealkylation sites (N-methyl/N-ethyl adjacent to an activating group) is 1. The second kappa shape index (κ2) is 34.7. The van der Waals surface area contributed by atoms with E-state index in [2.05, 4.69) is 62.5 Å². The maximum absolute atomic E-state index is 12.7. The molecular weight excluding hydrogens is 797 g/mol. The number of aliphatic hydroxyl groups excluding tert-OH is 2. The van der Waals surface area contributed by atoms with Gasteiger partial charge >= 0.3 is 19.8 Å². The average molecular weight is 881 g/mol. The van der Waals surface area contributed by atoms with Crippen LogP contribution in [-0.4, -0.2) is 103 Å². The molecule has 13 heteroatoms. The van der Waals surface area contributed by atoms with Gasteiger partial charge in [-0.1, -0.05) is 126 Å². The Hall–Kier alpha value is -2.70. The number of Topliss-reactive ketones (excluding diaryl/α,β-unsaturated/α-hetero) is 1. The summed E-state index contributed by atoms with van der Waals surface area (Å²) in [6, 6.07) is 0. The second-order valence-corrected chi connectivity index (χ2v) is 18.6. The van der Waals surface area contributed by atoms with E-state index in [9.17, 15) is 34.1 Å². The first-order valence-electron chi connectivity index (χ1n) is 23.1. The molecule has 6 atom stereocenters. The largest absolute Gasteiger partial charge is 0.472 e. The van der Waals surface area contributed by atoms with Gasteiger partial charge in [0.2, 0.25) is 0 Å². The molecule has 1 saturated carbocycles. The van der Waals surface area contributed by atoms with E-state index in [4.69, 9.17) is 18.5 Å². The first-order valence-corrected chi connectivity index (χ1v) is 24.6. The van der Waals surface area contributed by atoms with Gasteiger partial charge < -0.3 is 29.1 Å². The summed E-state index contributed by atoms with van der Waals surface area (Å²) in [6.07, 6.45) is 34.6. The van der Waals surface area contributed by atoms with Crippen LogP contribution in [0.4, 0.5) is 0 Å². The SMILES string of the molecule is CC/C=C\C/C=C\C/C=C\C/C=C\CCCCCCC(=O)O[C@H](COC(=O)CCCCCC[C@H]1[C@@H](O)CC(=O)[C@@H]1/C=C/[C@@H](O)CCCCC)COP(=O)(O)OCC[N+](C)(C)C. The maximum Gasteiger partial charge on any atom is 0.472 e. The Bertz CT molecular complexity index is 1390. The number of hydrogen-bond acceptors (Lipinski definition) is 10. The third kappa shape index (κ3) is 31.7. The van der Waals surface area contributed by atoms with Crippen molar-refractivity contribution in [3.8, 4) is 0 Å². The lowest BCUT2D eigenvalue weighted by molar-refractivity contribution is -0.870. The Labute approximate surface area is 368 Å². The van der Waals surface area contributed by atoms with Crippen molar-refractivity contribution >= 4 is 25.5 Å². The predicted octanol–water partition coefficient (Wildman–Crippen LogP) is 9.83. The quantitative estimate of drug-likeness (QED) is 0.0179. The van der Waals surface area contributed by atoms with Gasteiger partial charge in [0.25, 0.3) is 0 Å². The number of esters is 2. The number of hydrogen-bond donors (Lipinski definition) is 3. The highest BCUT2D eigenvalue weighted by Crippen LogP contribution is 2.43. The van der Waals surface area contributed by atoms with E-state index >= 15 is 0 Å². The van der Waals surface area contributed by atoms with Crippen molar-refractivity contribution in [2.24, 2.45) is 11.8 Å². The van der Waals surface area contributed by atoms with Crippen LogP contribution in [0, 0.1) is 11.8 Å². The van der Waals surface area contributed by atoms with E-state index in [1.165, 1.54) is 0 Å². The van der Waals surface area contributed by atoms with E-state index in [0.717, 1.165) is 89.9 Å². The van der Waals surface area contributed by atoms with Crippen LogP contribution in [0.5, 0.6) is 0 Å². The minimum Gasteiger partial charge on any atom is -0.462 e. The highest BCUT2D eigenvalue weighted by Gasteiger charge is 2.39. The monoisotopic (exact) mass is 881 g/mol. The van der Waals surface area contributed by atoms with Gasteiger partial charge in [-0.25, -0.2) is 4.57 Å². The second-order valence-electron chi connectivity index (χ2n) is 17.2. The average Bonchev–Trinajstić information content (AvgIpc) is 3.47. The number of rotatable bonds is 37. The van der Waals surface area contributed by atoms with Gasteiger partial charge in [-0.15, -0.1) is 0 Å². The predicted molar refractivity (Wildman–Crippen MR) is 243 cm³/mol. The van der Waals surface area contributed by atoms with E-state index < -0.39 is 50.6 Å². The van der Waals surface area contributed by atoms with Crippen LogP contribution in [-0.2, 0) is 37.5 Å². The number of aliphatic hydroxyl groups is 2. The number of nitrogens with zero attached hydrogens (tertiary/aromatic N) is 1. The van der Waals surface area contributed by atoms with Gasteiger partial charge in [0.15, 0.2) is 6.10 Å². The van der Waals surface area contributed by atoms with Crippen LogP contribution < -0.4 is 0 Å². The van der Waals surface area contributed by atoms with Crippen molar-refractivity contribution in [2.75, 3.05) is 47.5 Å². The van der Waals surface area contributed by atoms with E-state index in [-0.39, 0.29) is 44.2 Å². The Kier molecular flexibility index (Phi) is 32.1. The molecule has 0 spiro atoms. The van der Waals surface area contributed by atoms with Gasteiger partial charge in [0, 0.05) is 25.2 Å². The highest BCUT2D eigenvalue weighted by atomic mass is 31.2. The Morgan fingerprint density at radius 2 is 1.39 bits per heavy atom. The Balaban J connectivity index is 2.47. The first kappa shape index (κ1) is 56.3. The lowest BCUT2D eigenvalue weighted by Gasteiger charge is -2.24. The van der Waals surface area contributed by atoms with Crippen LogP contribution in [0.2, 0.25) is 0 Å². The van der Waals surface area contributed by atoms with Gasteiger partial charge in [0.05, 0.1) is 40.0 Å². The molecule has 0 saturated heterocycles. The number of ether oxygens (including phenoxy) is 2. The number of phosphoric acid groups is 1. The Morgan fingerprint density at radius 3 is 2.03 bits per heavy atom. The summed E-state index contributed by atoms with van der Waals surface area (Å²) in [4.78, 5) is 48.2. The van der Waals surface area contributed by atoms with E-state index in [0.29, 0.717) is 36.7 Å². The highest BCUT2D eigenvalue weighted by molar-refractivity contribution is 7.47. The number of carbonyl (C=O) groups is 3. The molecule has 350 valence electrons. The molecule has 1 aliphatic carbocycles. The van der Waals surface area contributed by atoms with Crippen molar-refractivity contribution in [2.45, 2.75) is 167 Å². The number of phosphoric ester groups is 1. The number of unbranched alkanes of at least 4 members (excludes halogenated alkanes) is 9. The number of carbonyl (C=O) groups excluding carboxylic acids is 3. The molecule has 0 bridgehead atoms. The van der Waals surface area contributed by atoms with E-state index in [1.54, 1.807) is 12.2 Å². The van der Waals surface area contributed by atoms with Crippen LogP contribution in [0.1, 0.15) is 149 Å². The molecule has 0 aromatic carbocycles. The Morgan fingerprint density at radius 1 is 0.787 bits per heavy atom. The molecule has 0 amide bonds. The summed E-state index contributed by atoms with van der Waals surface area (Å²) in [5, 5.41) is 20.8. The summed E-state index contributed by atoms with van der Waals surface area (Å²) in [7, 11) is 1.32.